The van der Waals surface area contributed by atoms with Crippen LogP contribution in [-0.4, -0.2) is 54.0 Å². The predicted molar refractivity (Wildman–Crippen MR) is 80.1 cm³/mol. The Morgan fingerprint density at radius 3 is 2.19 bits per heavy atom. The zero-order valence-electron chi connectivity index (χ0n) is 14.8. The van der Waals surface area contributed by atoms with Crippen molar-refractivity contribution < 1.29 is 40.7 Å². The maximum absolute atomic E-state index is 13.3. The lowest BCUT2D eigenvalue weighted by atomic mass is 9.93. The Kier molecular flexibility index (Phi) is 5.30. The molecule has 5 nitrogen and oxygen atoms in total. The second-order valence-corrected chi connectivity index (χ2v) is 7.58. The predicted octanol–water partition coefficient (Wildman–Crippen LogP) is 2.30. The van der Waals surface area contributed by atoms with E-state index >= 15 is 0 Å². The van der Waals surface area contributed by atoms with Crippen LogP contribution in [-0.2, 0) is 14.4 Å². The summed E-state index contributed by atoms with van der Waals surface area (Å²) >= 11 is 0. The van der Waals surface area contributed by atoms with Crippen LogP contribution in [0, 0.1) is 23.2 Å². The van der Waals surface area contributed by atoms with Crippen LogP contribution in [0.25, 0.3) is 0 Å². The molecule has 2 rings (SSSR count). The lowest BCUT2D eigenvalue weighted by Gasteiger charge is -2.35. The van der Waals surface area contributed by atoms with E-state index < -0.39 is 48.6 Å². The van der Waals surface area contributed by atoms with Crippen LogP contribution in [0.1, 0.15) is 27.2 Å². The molecule has 0 radical (unpaired) electrons. The van der Waals surface area contributed by atoms with Crippen LogP contribution in [0.4, 0.5) is 26.3 Å². The van der Waals surface area contributed by atoms with Crippen LogP contribution < -0.4 is 5.32 Å². The second-order valence-electron chi connectivity index (χ2n) is 7.58. The average Bonchev–Trinajstić information content (AvgIpc) is 2.89. The maximum Gasteiger partial charge on any atom is 0.471 e. The number of hydrogen-bond acceptors (Lipinski definition) is 3. The van der Waals surface area contributed by atoms with Crippen LogP contribution in [0.5, 0.6) is 0 Å². The molecule has 0 bridgehead atoms. The molecular weight excluding hydrogens is 382 g/mol. The monoisotopic (exact) mass is 402 g/mol. The lowest BCUT2D eigenvalue weighted by molar-refractivity contribution is -0.195. The molecule has 2 aliphatic rings. The number of hydrogen-bond donors (Lipinski definition) is 1. The van der Waals surface area contributed by atoms with Crippen molar-refractivity contribution in [3.8, 4) is 0 Å². The van der Waals surface area contributed by atoms with E-state index in [1.807, 2.05) is 13.8 Å². The van der Waals surface area contributed by atoms with Gasteiger partial charge in [-0.15, -0.1) is 0 Å². The number of likely N-dealkylation sites (tertiary alicyclic amines) is 1. The minimum absolute atomic E-state index is 0.0351. The fourth-order valence-corrected chi connectivity index (χ4v) is 4.13. The molecule has 1 saturated heterocycles. The van der Waals surface area contributed by atoms with Gasteiger partial charge in [0.2, 0.25) is 5.91 Å². The van der Waals surface area contributed by atoms with Gasteiger partial charge in [0, 0.05) is 6.54 Å². The molecule has 1 aliphatic heterocycles. The first-order valence-corrected chi connectivity index (χ1v) is 8.38. The summed E-state index contributed by atoms with van der Waals surface area (Å²) in [5.74, 6) is -6.84. The highest BCUT2D eigenvalue weighted by molar-refractivity contribution is 5.91. The van der Waals surface area contributed by atoms with Gasteiger partial charge in [0.05, 0.1) is 12.0 Å². The Morgan fingerprint density at radius 2 is 1.78 bits per heavy atom. The van der Waals surface area contributed by atoms with Gasteiger partial charge < -0.3 is 15.0 Å². The Morgan fingerprint density at radius 1 is 1.22 bits per heavy atom. The molecular formula is C16H20F6N2O3. The molecule has 1 saturated carbocycles. The summed E-state index contributed by atoms with van der Waals surface area (Å²) in [6.45, 7) is 4.70. The molecule has 11 heteroatoms. The lowest BCUT2D eigenvalue weighted by Crippen LogP contribution is -2.59. The number of nitrogens with zero attached hydrogens (tertiary/aromatic N) is 1. The van der Waals surface area contributed by atoms with Crippen LogP contribution in [0.2, 0.25) is 0 Å². The summed E-state index contributed by atoms with van der Waals surface area (Å²) in [5, 5.41) is 1.20. The Labute approximate surface area is 151 Å². The van der Waals surface area contributed by atoms with Gasteiger partial charge in [-0.25, -0.2) is 0 Å². The summed E-state index contributed by atoms with van der Waals surface area (Å²) in [4.78, 5) is 36.2. The van der Waals surface area contributed by atoms with Crippen molar-refractivity contribution in [2.24, 2.45) is 23.2 Å². The SMILES string of the molecule is CCC(C(NC(=O)C(F)(F)F)C(=O)N1C[C@H]2[C@@H]([C@H]1C=O)C2(C)C)C(F)(F)F. The maximum atomic E-state index is 13.3. The van der Waals surface area contributed by atoms with Gasteiger partial charge in [-0.1, -0.05) is 20.8 Å². The molecule has 1 N–H and O–H groups in total. The fraction of sp³-hybridized carbons (Fsp3) is 0.812. The second kappa shape index (κ2) is 6.66. The van der Waals surface area contributed by atoms with Gasteiger partial charge in [0.15, 0.2) is 0 Å². The van der Waals surface area contributed by atoms with E-state index in [4.69, 9.17) is 0 Å². The number of carbonyl (C=O) groups excluding carboxylic acids is 3. The molecule has 27 heavy (non-hydrogen) atoms. The molecule has 5 atom stereocenters. The number of carbonyl (C=O) groups is 3. The van der Waals surface area contributed by atoms with Crippen molar-refractivity contribution in [3.63, 3.8) is 0 Å². The summed E-state index contributed by atoms with van der Waals surface area (Å²) in [5.41, 5.74) is -0.277. The van der Waals surface area contributed by atoms with Gasteiger partial charge in [-0.2, -0.15) is 26.3 Å². The number of aldehydes is 1. The van der Waals surface area contributed by atoms with Crippen molar-refractivity contribution >= 4 is 18.1 Å². The smallest absolute Gasteiger partial charge is 0.336 e. The van der Waals surface area contributed by atoms with Gasteiger partial charge in [0.25, 0.3) is 0 Å². The number of rotatable bonds is 5. The molecule has 0 aromatic heterocycles. The Balaban J connectivity index is 2.31. The van der Waals surface area contributed by atoms with Crippen molar-refractivity contribution in [1.82, 2.24) is 10.2 Å². The number of piperidine rings is 1. The first kappa shape index (κ1) is 21.5. The van der Waals surface area contributed by atoms with E-state index in [0.717, 1.165) is 11.8 Å². The standard InChI is InChI=1S/C16H20F6N2O3/c1-4-7(15(17,18)19)11(23-13(27)16(20,21)22)12(26)24-5-8-10(9(24)6-25)14(8,2)3/h6-11H,4-5H2,1-3H3,(H,23,27)/t7?,8-,9+,10-,11?/m0/s1. The molecule has 0 aromatic rings. The molecule has 2 unspecified atom stereocenters. The highest BCUT2D eigenvalue weighted by Gasteiger charge is 2.68. The molecule has 154 valence electrons. The Hall–Kier alpha value is -1.81. The fourth-order valence-electron chi connectivity index (χ4n) is 4.13. The van der Waals surface area contributed by atoms with E-state index in [9.17, 15) is 40.7 Å². The molecule has 0 aromatic carbocycles. The number of halogens is 6. The van der Waals surface area contributed by atoms with Crippen molar-refractivity contribution in [3.05, 3.63) is 0 Å². The number of alkyl halides is 6. The van der Waals surface area contributed by atoms with E-state index in [0.29, 0.717) is 6.29 Å². The third-order valence-electron chi connectivity index (χ3n) is 5.76. The van der Waals surface area contributed by atoms with Crippen LogP contribution in [0.15, 0.2) is 0 Å². The van der Waals surface area contributed by atoms with Crippen molar-refractivity contribution in [2.45, 2.75) is 51.6 Å². The average molecular weight is 402 g/mol. The third-order valence-corrected chi connectivity index (χ3v) is 5.76. The Bertz CT molecular complexity index is 631. The summed E-state index contributed by atoms with van der Waals surface area (Å²) in [7, 11) is 0. The molecule has 2 amide bonds. The molecule has 0 spiro atoms. The largest absolute Gasteiger partial charge is 0.471 e. The van der Waals surface area contributed by atoms with E-state index in [1.54, 1.807) is 0 Å². The zero-order valence-corrected chi connectivity index (χ0v) is 14.8. The van der Waals surface area contributed by atoms with Gasteiger partial charge >= 0.3 is 18.3 Å². The first-order valence-electron chi connectivity index (χ1n) is 8.38. The van der Waals surface area contributed by atoms with Gasteiger partial charge in [-0.3, -0.25) is 9.59 Å². The number of fused-ring (bicyclic) bond motifs is 1. The normalized spacial score (nSPS) is 28.9. The highest BCUT2D eigenvalue weighted by Crippen LogP contribution is 2.64. The minimum Gasteiger partial charge on any atom is -0.336 e. The first-order chi connectivity index (χ1) is 12.2. The molecule has 1 aliphatic carbocycles. The minimum atomic E-state index is -5.44. The topological polar surface area (TPSA) is 66.5 Å². The van der Waals surface area contributed by atoms with Crippen LogP contribution in [0.3, 0.4) is 0 Å². The molecule has 1 heterocycles. The van der Waals surface area contributed by atoms with E-state index in [-0.39, 0.29) is 23.8 Å². The quantitative estimate of drug-likeness (QED) is 0.567. The van der Waals surface area contributed by atoms with Gasteiger partial charge in [0.1, 0.15) is 12.3 Å². The van der Waals surface area contributed by atoms with Gasteiger partial charge in [-0.05, 0) is 23.7 Å². The summed E-state index contributed by atoms with van der Waals surface area (Å²) < 4.78 is 77.5. The number of nitrogens with one attached hydrogen (secondary N) is 1. The third kappa shape index (κ3) is 3.77. The highest BCUT2D eigenvalue weighted by atomic mass is 19.4. The summed E-state index contributed by atoms with van der Waals surface area (Å²) in [6.07, 6.45) is -10.7. The summed E-state index contributed by atoms with van der Waals surface area (Å²) in [6, 6.07) is -3.47. The zero-order chi connectivity index (χ0) is 20.9. The van der Waals surface area contributed by atoms with Crippen molar-refractivity contribution in [2.75, 3.05) is 6.54 Å². The molecule has 2 fully saturated rings. The van der Waals surface area contributed by atoms with Crippen LogP contribution >= 0.6 is 0 Å². The van der Waals surface area contributed by atoms with Crippen molar-refractivity contribution in [1.29, 1.82) is 0 Å². The van der Waals surface area contributed by atoms with E-state index in [2.05, 4.69) is 0 Å². The number of amides is 2. The van der Waals surface area contributed by atoms with E-state index in [1.165, 1.54) is 5.32 Å².